The number of para-hydroxylation sites is 2. The van der Waals surface area contributed by atoms with Crippen LogP contribution in [0.4, 0.5) is 15.8 Å². The average Bonchev–Trinajstić information content (AvgIpc) is 2.59. The molecule has 0 aliphatic rings. The largest absolute Gasteiger partial charge is 0.326 e. The van der Waals surface area contributed by atoms with E-state index >= 15 is 0 Å². The van der Waals surface area contributed by atoms with Gasteiger partial charge in [0.05, 0.1) is 11.9 Å². The maximum atomic E-state index is 14.0. The highest BCUT2D eigenvalue weighted by Crippen LogP contribution is 2.24. The van der Waals surface area contributed by atoms with E-state index in [2.05, 4.69) is 5.32 Å². The van der Waals surface area contributed by atoms with Gasteiger partial charge < -0.3 is 5.32 Å². The number of hydrogen-bond acceptors (Lipinski definition) is 3. The van der Waals surface area contributed by atoms with E-state index in [1.807, 2.05) is 38.1 Å². The molecule has 0 fully saturated rings. The van der Waals surface area contributed by atoms with E-state index < -0.39 is 15.8 Å². The number of halogens is 1. The molecule has 2 aromatic carbocycles. The van der Waals surface area contributed by atoms with Gasteiger partial charge in [0.1, 0.15) is 5.82 Å². The summed E-state index contributed by atoms with van der Waals surface area (Å²) in [7, 11) is -3.65. The van der Waals surface area contributed by atoms with Crippen LogP contribution in [0.15, 0.2) is 48.5 Å². The lowest BCUT2D eigenvalue weighted by Crippen LogP contribution is -2.32. The SMILES string of the molecule is CC(C)c1ccccc1NC(=O)CCCN(c1ccccc1F)S(C)(=O)=O. The predicted octanol–water partition coefficient (Wildman–Crippen LogP) is 4.13. The van der Waals surface area contributed by atoms with Gasteiger partial charge in [-0.25, -0.2) is 12.8 Å². The summed E-state index contributed by atoms with van der Waals surface area (Å²) in [5.74, 6) is -0.549. The van der Waals surface area contributed by atoms with Crippen LogP contribution in [0.25, 0.3) is 0 Å². The van der Waals surface area contributed by atoms with Gasteiger partial charge in [-0.15, -0.1) is 0 Å². The van der Waals surface area contributed by atoms with Gasteiger partial charge in [-0.05, 0) is 36.1 Å². The Morgan fingerprint density at radius 3 is 2.37 bits per heavy atom. The van der Waals surface area contributed by atoms with Crippen LogP contribution in [0.5, 0.6) is 0 Å². The third-order valence-corrected chi connectivity index (χ3v) is 5.32. The molecule has 0 saturated carbocycles. The molecule has 2 aromatic rings. The smallest absolute Gasteiger partial charge is 0.232 e. The topological polar surface area (TPSA) is 66.5 Å². The Morgan fingerprint density at radius 2 is 1.74 bits per heavy atom. The summed E-state index contributed by atoms with van der Waals surface area (Å²) < 4.78 is 39.0. The van der Waals surface area contributed by atoms with Crippen molar-refractivity contribution in [2.45, 2.75) is 32.6 Å². The lowest BCUT2D eigenvalue weighted by atomic mass is 10.0. The van der Waals surface area contributed by atoms with Crippen molar-refractivity contribution in [3.8, 4) is 0 Å². The quantitative estimate of drug-likeness (QED) is 0.734. The van der Waals surface area contributed by atoms with Crippen molar-refractivity contribution >= 4 is 27.3 Å². The molecule has 5 nitrogen and oxygen atoms in total. The van der Waals surface area contributed by atoms with Crippen molar-refractivity contribution in [2.75, 3.05) is 22.4 Å². The van der Waals surface area contributed by atoms with Crippen molar-refractivity contribution in [1.82, 2.24) is 0 Å². The molecule has 0 aliphatic heterocycles. The zero-order valence-corrected chi connectivity index (χ0v) is 16.6. The summed E-state index contributed by atoms with van der Waals surface area (Å²) in [6, 6.07) is 13.3. The maximum absolute atomic E-state index is 14.0. The van der Waals surface area contributed by atoms with Gasteiger partial charge in [0.25, 0.3) is 0 Å². The zero-order valence-electron chi connectivity index (χ0n) is 15.8. The number of hydrogen-bond donors (Lipinski definition) is 1. The molecule has 0 atom stereocenters. The molecule has 7 heteroatoms. The van der Waals surface area contributed by atoms with Gasteiger partial charge in [-0.2, -0.15) is 0 Å². The van der Waals surface area contributed by atoms with Crippen LogP contribution in [0.3, 0.4) is 0 Å². The fraction of sp³-hybridized carbons (Fsp3) is 0.350. The van der Waals surface area contributed by atoms with E-state index in [-0.39, 0.29) is 36.9 Å². The fourth-order valence-electron chi connectivity index (χ4n) is 2.83. The average molecular weight is 392 g/mol. The van der Waals surface area contributed by atoms with Crippen LogP contribution in [-0.4, -0.2) is 27.1 Å². The van der Waals surface area contributed by atoms with Gasteiger partial charge >= 0.3 is 0 Å². The molecule has 1 N–H and O–H groups in total. The van der Waals surface area contributed by atoms with Crippen LogP contribution in [-0.2, 0) is 14.8 Å². The molecule has 0 radical (unpaired) electrons. The van der Waals surface area contributed by atoms with Gasteiger partial charge in [-0.1, -0.05) is 44.2 Å². The molecule has 0 unspecified atom stereocenters. The van der Waals surface area contributed by atoms with Gasteiger partial charge in [0.15, 0.2) is 0 Å². The molecule has 0 aromatic heterocycles. The zero-order chi connectivity index (χ0) is 20.0. The van der Waals surface area contributed by atoms with E-state index in [4.69, 9.17) is 0 Å². The molecule has 2 rings (SSSR count). The highest BCUT2D eigenvalue weighted by atomic mass is 32.2. The number of nitrogens with one attached hydrogen (secondary N) is 1. The van der Waals surface area contributed by atoms with E-state index in [0.29, 0.717) is 0 Å². The Kier molecular flexibility index (Phi) is 6.96. The van der Waals surface area contributed by atoms with E-state index in [1.54, 1.807) is 6.07 Å². The number of rotatable bonds is 8. The minimum absolute atomic E-state index is 0.00874. The lowest BCUT2D eigenvalue weighted by Gasteiger charge is -2.22. The van der Waals surface area contributed by atoms with Gasteiger partial charge in [0.2, 0.25) is 15.9 Å². The first-order valence-corrected chi connectivity index (χ1v) is 10.7. The van der Waals surface area contributed by atoms with Crippen LogP contribution in [0, 0.1) is 5.82 Å². The van der Waals surface area contributed by atoms with E-state index in [0.717, 1.165) is 21.8 Å². The molecule has 0 saturated heterocycles. The summed E-state index contributed by atoms with van der Waals surface area (Å²) in [6.45, 7) is 4.12. The number of amides is 1. The second-order valence-electron chi connectivity index (χ2n) is 6.68. The first-order chi connectivity index (χ1) is 12.7. The summed E-state index contributed by atoms with van der Waals surface area (Å²) in [4.78, 5) is 12.3. The Bertz CT molecular complexity index is 898. The summed E-state index contributed by atoms with van der Waals surface area (Å²) in [5, 5.41) is 2.87. The summed E-state index contributed by atoms with van der Waals surface area (Å²) in [6.07, 6.45) is 1.43. The highest BCUT2D eigenvalue weighted by Gasteiger charge is 2.20. The monoisotopic (exact) mass is 392 g/mol. The first-order valence-electron chi connectivity index (χ1n) is 8.81. The summed E-state index contributed by atoms with van der Waals surface area (Å²) in [5.41, 5.74) is 1.78. The van der Waals surface area contributed by atoms with E-state index in [1.165, 1.54) is 18.2 Å². The van der Waals surface area contributed by atoms with Crippen LogP contribution >= 0.6 is 0 Å². The summed E-state index contributed by atoms with van der Waals surface area (Å²) >= 11 is 0. The third kappa shape index (κ3) is 5.79. The number of nitrogens with zero attached hydrogens (tertiary/aromatic N) is 1. The maximum Gasteiger partial charge on any atom is 0.232 e. The van der Waals surface area contributed by atoms with Crippen molar-refractivity contribution in [1.29, 1.82) is 0 Å². The lowest BCUT2D eigenvalue weighted by molar-refractivity contribution is -0.116. The Labute approximate surface area is 160 Å². The Balaban J connectivity index is 2.01. The second-order valence-corrected chi connectivity index (χ2v) is 8.59. The van der Waals surface area contributed by atoms with Gasteiger partial charge in [0, 0.05) is 18.7 Å². The molecule has 1 amide bonds. The first kappa shape index (κ1) is 20.9. The Morgan fingerprint density at radius 1 is 1.11 bits per heavy atom. The highest BCUT2D eigenvalue weighted by molar-refractivity contribution is 7.92. The van der Waals surface area contributed by atoms with E-state index in [9.17, 15) is 17.6 Å². The third-order valence-electron chi connectivity index (χ3n) is 4.14. The molecule has 27 heavy (non-hydrogen) atoms. The van der Waals surface area contributed by atoms with Crippen LogP contribution in [0.2, 0.25) is 0 Å². The molecule has 0 aliphatic carbocycles. The number of carbonyl (C=O) groups is 1. The molecule has 146 valence electrons. The molecular weight excluding hydrogens is 367 g/mol. The van der Waals surface area contributed by atoms with Crippen LogP contribution < -0.4 is 9.62 Å². The van der Waals surface area contributed by atoms with Crippen LogP contribution in [0.1, 0.15) is 38.2 Å². The molecule has 0 bridgehead atoms. The minimum atomic E-state index is -3.65. The molecule has 0 spiro atoms. The normalized spacial score (nSPS) is 11.4. The number of sulfonamides is 1. The number of anilines is 2. The van der Waals surface area contributed by atoms with Crippen molar-refractivity contribution in [3.05, 3.63) is 59.9 Å². The van der Waals surface area contributed by atoms with Crippen molar-refractivity contribution in [2.24, 2.45) is 0 Å². The van der Waals surface area contributed by atoms with Crippen molar-refractivity contribution < 1.29 is 17.6 Å². The fourth-order valence-corrected chi connectivity index (χ4v) is 3.80. The molecular formula is C20H25FN2O3S. The second kappa shape index (κ2) is 8.99. The molecule has 0 heterocycles. The standard InChI is InChI=1S/C20H25FN2O3S/c1-15(2)16-9-4-6-11-18(16)22-20(24)13-8-14-23(27(3,25)26)19-12-7-5-10-17(19)21/h4-7,9-12,15H,8,13-14H2,1-3H3,(H,22,24). The van der Waals surface area contributed by atoms with Crippen molar-refractivity contribution in [3.63, 3.8) is 0 Å². The number of carbonyl (C=O) groups excluding carboxylic acids is 1. The Hall–Kier alpha value is -2.41. The predicted molar refractivity (Wildman–Crippen MR) is 107 cm³/mol. The number of benzene rings is 2. The van der Waals surface area contributed by atoms with Gasteiger partial charge in [-0.3, -0.25) is 9.10 Å². The minimum Gasteiger partial charge on any atom is -0.326 e.